The summed E-state index contributed by atoms with van der Waals surface area (Å²) in [7, 11) is 0. The van der Waals surface area contributed by atoms with Crippen LogP contribution in [0.3, 0.4) is 0 Å². The number of hydrogen-bond acceptors (Lipinski definition) is 6. The van der Waals surface area contributed by atoms with Crippen molar-refractivity contribution in [2.45, 2.75) is 6.42 Å². The van der Waals surface area contributed by atoms with Crippen molar-refractivity contribution in [3.05, 3.63) is 47.6 Å². The van der Waals surface area contributed by atoms with E-state index in [1.165, 1.54) is 12.6 Å². The SMILES string of the molecule is O=C(Cc1coc(-c2cccs2)c1)C(=O)c1ncn[nH]1. The van der Waals surface area contributed by atoms with Crippen molar-refractivity contribution in [3.8, 4) is 10.6 Å². The van der Waals surface area contributed by atoms with Gasteiger partial charge >= 0.3 is 0 Å². The molecule has 0 aromatic carbocycles. The lowest BCUT2D eigenvalue weighted by molar-refractivity contribution is -0.114. The zero-order valence-electron chi connectivity index (χ0n) is 10.2. The molecule has 3 heterocycles. The summed E-state index contributed by atoms with van der Waals surface area (Å²) < 4.78 is 5.39. The lowest BCUT2D eigenvalue weighted by atomic mass is 10.1. The summed E-state index contributed by atoms with van der Waals surface area (Å²) in [5.41, 5.74) is 0.659. The number of hydrogen-bond donors (Lipinski definition) is 1. The molecule has 0 atom stereocenters. The molecule has 0 aliphatic heterocycles. The molecule has 0 radical (unpaired) electrons. The normalized spacial score (nSPS) is 10.6. The number of ketones is 2. The maximum absolute atomic E-state index is 11.8. The highest BCUT2D eigenvalue weighted by Gasteiger charge is 2.20. The first-order valence-electron chi connectivity index (χ1n) is 5.78. The Hall–Kier alpha value is -2.54. The minimum Gasteiger partial charge on any atom is -0.463 e. The Kier molecular flexibility index (Phi) is 3.26. The highest BCUT2D eigenvalue weighted by atomic mass is 32.1. The highest BCUT2D eigenvalue weighted by molar-refractivity contribution is 7.13. The van der Waals surface area contributed by atoms with E-state index in [-0.39, 0.29) is 12.2 Å². The van der Waals surface area contributed by atoms with Crippen LogP contribution in [-0.2, 0) is 11.2 Å². The molecule has 0 aliphatic rings. The quantitative estimate of drug-likeness (QED) is 0.573. The summed E-state index contributed by atoms with van der Waals surface area (Å²) in [5.74, 6) is -0.589. The first-order valence-corrected chi connectivity index (χ1v) is 6.66. The second-order valence-corrected chi connectivity index (χ2v) is 5.01. The van der Waals surface area contributed by atoms with Crippen LogP contribution in [-0.4, -0.2) is 26.7 Å². The van der Waals surface area contributed by atoms with Crippen LogP contribution in [0.4, 0.5) is 0 Å². The van der Waals surface area contributed by atoms with Gasteiger partial charge in [0.05, 0.1) is 11.1 Å². The zero-order chi connectivity index (χ0) is 13.9. The summed E-state index contributed by atoms with van der Waals surface area (Å²) in [6.07, 6.45) is 2.66. The number of aromatic nitrogens is 3. The topological polar surface area (TPSA) is 88.8 Å². The van der Waals surface area contributed by atoms with Crippen molar-refractivity contribution in [1.82, 2.24) is 15.2 Å². The van der Waals surface area contributed by atoms with E-state index in [9.17, 15) is 9.59 Å². The average molecular weight is 287 g/mol. The van der Waals surface area contributed by atoms with Crippen LogP contribution in [0.5, 0.6) is 0 Å². The van der Waals surface area contributed by atoms with Crippen molar-refractivity contribution in [2.24, 2.45) is 0 Å². The molecule has 0 saturated heterocycles. The first-order chi connectivity index (χ1) is 9.74. The van der Waals surface area contributed by atoms with Gasteiger partial charge in [-0.1, -0.05) is 6.07 Å². The summed E-state index contributed by atoms with van der Waals surface area (Å²) in [6.45, 7) is 0. The van der Waals surface area contributed by atoms with E-state index >= 15 is 0 Å². The summed E-state index contributed by atoms with van der Waals surface area (Å²) in [5, 5.41) is 7.86. The molecule has 0 unspecified atom stereocenters. The Morgan fingerprint density at radius 1 is 1.40 bits per heavy atom. The fraction of sp³-hybridized carbons (Fsp3) is 0.0769. The number of nitrogens with zero attached hydrogens (tertiary/aromatic N) is 2. The maximum atomic E-state index is 11.8. The van der Waals surface area contributed by atoms with Gasteiger partial charge in [0.2, 0.25) is 5.78 Å². The fourth-order valence-corrected chi connectivity index (χ4v) is 2.41. The van der Waals surface area contributed by atoms with E-state index < -0.39 is 11.6 Å². The third kappa shape index (κ3) is 2.43. The van der Waals surface area contributed by atoms with Gasteiger partial charge in [0.15, 0.2) is 5.82 Å². The Balaban J connectivity index is 1.72. The van der Waals surface area contributed by atoms with Gasteiger partial charge in [0.25, 0.3) is 5.78 Å². The second kappa shape index (κ2) is 5.22. The van der Waals surface area contributed by atoms with Crippen molar-refractivity contribution >= 4 is 22.9 Å². The largest absolute Gasteiger partial charge is 0.463 e. The van der Waals surface area contributed by atoms with Crippen LogP contribution >= 0.6 is 11.3 Å². The van der Waals surface area contributed by atoms with Gasteiger partial charge in [0.1, 0.15) is 12.1 Å². The smallest absolute Gasteiger partial charge is 0.265 e. The van der Waals surface area contributed by atoms with Gasteiger partial charge in [-0.2, -0.15) is 5.10 Å². The lowest BCUT2D eigenvalue weighted by Gasteiger charge is -1.94. The zero-order valence-corrected chi connectivity index (χ0v) is 11.0. The number of carbonyl (C=O) groups is 2. The molecule has 0 aliphatic carbocycles. The molecule has 3 aromatic heterocycles. The molecule has 100 valence electrons. The highest BCUT2D eigenvalue weighted by Crippen LogP contribution is 2.26. The van der Waals surface area contributed by atoms with E-state index in [2.05, 4.69) is 15.2 Å². The van der Waals surface area contributed by atoms with Crippen molar-refractivity contribution in [2.75, 3.05) is 0 Å². The summed E-state index contributed by atoms with van der Waals surface area (Å²) >= 11 is 1.54. The maximum Gasteiger partial charge on any atom is 0.265 e. The van der Waals surface area contributed by atoms with Crippen molar-refractivity contribution in [1.29, 1.82) is 0 Å². The van der Waals surface area contributed by atoms with Gasteiger partial charge in [-0.15, -0.1) is 11.3 Å². The van der Waals surface area contributed by atoms with Crippen molar-refractivity contribution < 1.29 is 14.0 Å². The number of aromatic amines is 1. The van der Waals surface area contributed by atoms with Gasteiger partial charge in [-0.3, -0.25) is 14.7 Å². The number of thiophene rings is 1. The van der Waals surface area contributed by atoms with E-state index in [1.807, 2.05) is 17.5 Å². The Morgan fingerprint density at radius 2 is 2.30 bits per heavy atom. The summed E-state index contributed by atoms with van der Waals surface area (Å²) in [6, 6.07) is 5.60. The molecule has 7 heteroatoms. The molecule has 1 N–H and O–H groups in total. The second-order valence-electron chi connectivity index (χ2n) is 4.06. The molecule has 0 bridgehead atoms. The van der Waals surface area contributed by atoms with Crippen molar-refractivity contribution in [3.63, 3.8) is 0 Å². The minimum absolute atomic E-state index is 0.0194. The minimum atomic E-state index is -0.679. The number of nitrogens with one attached hydrogen (secondary N) is 1. The van der Waals surface area contributed by atoms with Crippen LogP contribution in [0.15, 0.2) is 40.6 Å². The Morgan fingerprint density at radius 3 is 3.00 bits per heavy atom. The van der Waals surface area contributed by atoms with E-state index in [0.29, 0.717) is 11.3 Å². The Bertz CT molecular complexity index is 729. The standard InChI is InChI=1S/C13H9N3O3S/c17-9(12(18)13-14-7-15-16-13)4-8-5-10(19-6-8)11-2-1-3-20-11/h1-3,5-7H,4H2,(H,14,15,16). The van der Waals surface area contributed by atoms with Gasteiger partial charge in [-0.25, -0.2) is 4.98 Å². The van der Waals surface area contributed by atoms with E-state index in [0.717, 1.165) is 4.88 Å². The monoisotopic (exact) mass is 287 g/mol. The third-order valence-corrected chi connectivity index (χ3v) is 3.55. The molecule has 20 heavy (non-hydrogen) atoms. The van der Waals surface area contributed by atoms with Crippen LogP contribution in [0.2, 0.25) is 0 Å². The van der Waals surface area contributed by atoms with E-state index in [1.54, 1.807) is 17.4 Å². The molecule has 6 nitrogen and oxygen atoms in total. The number of H-pyrrole nitrogens is 1. The van der Waals surface area contributed by atoms with Crippen LogP contribution in [0.1, 0.15) is 16.2 Å². The predicted octanol–water partition coefficient (Wildman–Crippen LogP) is 2.12. The Labute approximate surface area is 117 Å². The van der Waals surface area contributed by atoms with E-state index in [4.69, 9.17) is 4.42 Å². The third-order valence-electron chi connectivity index (χ3n) is 2.67. The molecule has 0 amide bonds. The first kappa shape index (κ1) is 12.5. The number of Topliss-reactive ketones (excluding diaryl/α,β-unsaturated/α-hetero) is 2. The fourth-order valence-electron chi connectivity index (χ4n) is 1.73. The van der Waals surface area contributed by atoms with Gasteiger partial charge < -0.3 is 4.42 Å². The molecular formula is C13H9N3O3S. The molecule has 0 fully saturated rings. The molecule has 3 rings (SSSR count). The van der Waals surface area contributed by atoms with Gasteiger partial charge in [0, 0.05) is 6.42 Å². The number of furan rings is 1. The van der Waals surface area contributed by atoms with Crippen LogP contribution in [0, 0.1) is 0 Å². The van der Waals surface area contributed by atoms with Crippen LogP contribution < -0.4 is 0 Å². The molecule has 0 spiro atoms. The lowest BCUT2D eigenvalue weighted by Crippen LogP contribution is -2.17. The molecular weight excluding hydrogens is 278 g/mol. The van der Waals surface area contributed by atoms with Gasteiger partial charge in [-0.05, 0) is 23.1 Å². The number of carbonyl (C=O) groups excluding carboxylic acids is 2. The predicted molar refractivity (Wildman–Crippen MR) is 71.4 cm³/mol. The molecule has 0 saturated carbocycles. The van der Waals surface area contributed by atoms with Crippen LogP contribution in [0.25, 0.3) is 10.6 Å². The summed E-state index contributed by atoms with van der Waals surface area (Å²) in [4.78, 5) is 28.2. The molecule has 3 aromatic rings. The average Bonchev–Trinajstić information content (AvgIpc) is 3.19. The number of rotatable bonds is 5.